The number of carbonyl (C=O) groups is 2. The maximum Gasteiger partial charge on any atom is 0.472 e. The molecule has 79 heavy (non-hydrogen) atoms. The number of esters is 2. The van der Waals surface area contributed by atoms with Crippen molar-refractivity contribution in [1.82, 2.24) is 0 Å². The van der Waals surface area contributed by atoms with Crippen LogP contribution in [0.2, 0.25) is 0 Å². The van der Waals surface area contributed by atoms with Crippen LogP contribution >= 0.6 is 7.82 Å². The third kappa shape index (κ3) is 64.0. The van der Waals surface area contributed by atoms with Gasteiger partial charge in [0.15, 0.2) is 6.10 Å². The third-order valence-electron chi connectivity index (χ3n) is 14.0. The highest BCUT2D eigenvalue weighted by Crippen LogP contribution is 2.43. The molecule has 3 N–H and O–H groups in total. The summed E-state index contributed by atoms with van der Waals surface area (Å²) in [4.78, 5) is 35.3. The Kier molecular flexibility index (Phi) is 61.6. The van der Waals surface area contributed by atoms with Gasteiger partial charge < -0.3 is 20.1 Å². The van der Waals surface area contributed by atoms with Crippen LogP contribution in [0.3, 0.4) is 0 Å². The summed E-state index contributed by atoms with van der Waals surface area (Å²) in [6, 6.07) is 0. The summed E-state index contributed by atoms with van der Waals surface area (Å²) in [6.07, 6.45) is 86.2. The average molecular weight is 1120 g/mol. The number of phosphoric ester groups is 1. The summed E-state index contributed by atoms with van der Waals surface area (Å²) in [7, 11) is -4.40. The van der Waals surface area contributed by atoms with Crippen LogP contribution in [-0.4, -0.2) is 49.3 Å². The molecule has 0 rings (SSSR count). The molecule has 0 radical (unpaired) electrons. The van der Waals surface area contributed by atoms with Crippen molar-refractivity contribution in [3.05, 3.63) is 97.2 Å². The van der Waals surface area contributed by atoms with E-state index >= 15 is 0 Å². The summed E-state index contributed by atoms with van der Waals surface area (Å²) in [6.45, 7) is 3.64. The SMILES string of the molecule is CC/C=C\C/C=C\C/C=C\C/C=C\C/C=C\C/C=C\CCCCCCCCCCC(=O)OC(COC(=O)CCCCCCCCCCCCCCCCCCCCC/C=C\C/C=C\CCCCCCC)COP(=O)(O)OCCN. The van der Waals surface area contributed by atoms with E-state index in [0.29, 0.717) is 6.42 Å². The lowest BCUT2D eigenvalue weighted by Crippen LogP contribution is -2.29. The smallest absolute Gasteiger partial charge is 0.462 e. The molecule has 0 amide bonds. The molecule has 0 aliphatic carbocycles. The molecule has 2 atom stereocenters. The highest BCUT2D eigenvalue weighted by atomic mass is 31.2. The number of nitrogens with two attached hydrogens (primary N) is 1. The normalized spacial score (nSPS) is 13.6. The number of ether oxygens (including phenoxy) is 2. The first-order chi connectivity index (χ1) is 38.8. The van der Waals surface area contributed by atoms with Gasteiger partial charge in [-0.25, -0.2) is 4.57 Å². The molecule has 456 valence electrons. The maximum atomic E-state index is 12.7. The molecular formula is C69H122NO8P. The van der Waals surface area contributed by atoms with Gasteiger partial charge in [-0.15, -0.1) is 0 Å². The molecule has 0 aliphatic rings. The molecule has 0 fully saturated rings. The monoisotopic (exact) mass is 1120 g/mol. The first-order valence-corrected chi connectivity index (χ1v) is 34.2. The molecule has 0 aliphatic heterocycles. The molecule has 0 aromatic rings. The van der Waals surface area contributed by atoms with Gasteiger partial charge in [0, 0.05) is 19.4 Å². The minimum atomic E-state index is -4.40. The van der Waals surface area contributed by atoms with Gasteiger partial charge in [-0.05, 0) is 96.3 Å². The van der Waals surface area contributed by atoms with Gasteiger partial charge in [0.25, 0.3) is 0 Å². The second-order valence-electron chi connectivity index (χ2n) is 21.6. The van der Waals surface area contributed by atoms with E-state index in [1.165, 1.54) is 173 Å². The van der Waals surface area contributed by atoms with E-state index in [1.807, 2.05) is 0 Å². The van der Waals surface area contributed by atoms with Crippen molar-refractivity contribution in [2.75, 3.05) is 26.4 Å². The molecule has 0 aromatic carbocycles. The third-order valence-corrected chi connectivity index (χ3v) is 14.9. The van der Waals surface area contributed by atoms with Crippen LogP contribution in [-0.2, 0) is 32.7 Å². The van der Waals surface area contributed by atoms with Gasteiger partial charge in [0.2, 0.25) is 0 Å². The van der Waals surface area contributed by atoms with E-state index in [2.05, 4.69) is 111 Å². The Morgan fingerprint density at radius 3 is 1.04 bits per heavy atom. The van der Waals surface area contributed by atoms with Crippen LogP contribution in [0.15, 0.2) is 97.2 Å². The standard InChI is InChI=1S/C69H122NO8P/c1-3-5-7-9-11-13-15-17-19-21-23-25-27-29-31-32-33-34-36-37-39-41-43-45-47-49-51-53-55-57-59-61-68(71)75-65-67(66-77-79(73,74)76-64-63-70)78-69(72)62-60-58-56-54-52-50-48-46-44-42-40-38-35-30-28-26-24-22-20-18-16-14-12-10-8-6-4-2/h6,8,12,14-15,17-18,20-21,23-24,26,30,35,40,42,67H,3-5,7,9-11,13,16,19,22,25,27-29,31-34,36-39,41,43-66,70H2,1-2H3,(H,73,74)/b8-6-,14-12-,17-15-,20-18-,23-21-,26-24-,35-30-,42-40-. The fourth-order valence-electron chi connectivity index (χ4n) is 9.14. The highest BCUT2D eigenvalue weighted by molar-refractivity contribution is 7.47. The Bertz CT molecular complexity index is 1610. The summed E-state index contributed by atoms with van der Waals surface area (Å²) in [5.41, 5.74) is 5.39. The second kappa shape index (κ2) is 64.1. The van der Waals surface area contributed by atoms with Gasteiger partial charge in [-0.2, -0.15) is 0 Å². The molecule has 0 saturated carbocycles. The van der Waals surface area contributed by atoms with Gasteiger partial charge in [0.1, 0.15) is 6.61 Å². The Balaban J connectivity index is 3.93. The number of rotatable bonds is 61. The van der Waals surface area contributed by atoms with Crippen LogP contribution in [0.25, 0.3) is 0 Å². The van der Waals surface area contributed by atoms with E-state index in [-0.39, 0.29) is 38.6 Å². The molecule has 0 bridgehead atoms. The molecular weight excluding hydrogens is 1000 g/mol. The van der Waals surface area contributed by atoms with Crippen molar-refractivity contribution < 1.29 is 37.6 Å². The number of allylic oxidation sites excluding steroid dienone is 16. The van der Waals surface area contributed by atoms with Crippen LogP contribution in [0.4, 0.5) is 0 Å². The number of phosphoric acid groups is 1. The first-order valence-electron chi connectivity index (χ1n) is 32.7. The lowest BCUT2D eigenvalue weighted by atomic mass is 10.0. The van der Waals surface area contributed by atoms with Crippen molar-refractivity contribution in [3.8, 4) is 0 Å². The summed E-state index contributed by atoms with van der Waals surface area (Å²) in [5.74, 6) is -0.832. The Morgan fingerprint density at radius 1 is 0.392 bits per heavy atom. The van der Waals surface area contributed by atoms with Gasteiger partial charge in [-0.3, -0.25) is 18.6 Å². The second-order valence-corrected chi connectivity index (χ2v) is 23.1. The molecule has 9 nitrogen and oxygen atoms in total. The zero-order valence-electron chi connectivity index (χ0n) is 51.1. The van der Waals surface area contributed by atoms with E-state index < -0.39 is 26.5 Å². The molecule has 10 heteroatoms. The van der Waals surface area contributed by atoms with E-state index in [9.17, 15) is 19.0 Å². The van der Waals surface area contributed by atoms with Crippen molar-refractivity contribution in [3.63, 3.8) is 0 Å². The summed E-state index contributed by atoms with van der Waals surface area (Å²) in [5, 5.41) is 0. The molecule has 0 aromatic heterocycles. The summed E-state index contributed by atoms with van der Waals surface area (Å²) < 4.78 is 33.1. The Labute approximate surface area is 486 Å². The van der Waals surface area contributed by atoms with E-state index in [0.717, 1.165) is 89.9 Å². The van der Waals surface area contributed by atoms with Crippen molar-refractivity contribution in [1.29, 1.82) is 0 Å². The molecule has 2 unspecified atom stereocenters. The first kappa shape index (κ1) is 75.9. The quantitative estimate of drug-likeness (QED) is 0.0264. The zero-order valence-corrected chi connectivity index (χ0v) is 52.0. The molecule has 0 heterocycles. The number of carbonyl (C=O) groups excluding carboxylic acids is 2. The van der Waals surface area contributed by atoms with Gasteiger partial charge in [0.05, 0.1) is 13.2 Å². The molecule has 0 saturated heterocycles. The Hall–Kier alpha value is -3.07. The van der Waals surface area contributed by atoms with Crippen LogP contribution in [0.1, 0.15) is 296 Å². The largest absolute Gasteiger partial charge is 0.472 e. The van der Waals surface area contributed by atoms with Crippen molar-refractivity contribution in [2.24, 2.45) is 5.73 Å². The predicted molar refractivity (Wildman–Crippen MR) is 339 cm³/mol. The van der Waals surface area contributed by atoms with Crippen molar-refractivity contribution in [2.45, 2.75) is 302 Å². The predicted octanol–water partition coefficient (Wildman–Crippen LogP) is 21.2. The van der Waals surface area contributed by atoms with Crippen LogP contribution in [0, 0.1) is 0 Å². The van der Waals surface area contributed by atoms with E-state index in [1.54, 1.807) is 0 Å². The fourth-order valence-corrected chi connectivity index (χ4v) is 9.91. The van der Waals surface area contributed by atoms with Gasteiger partial charge in [-0.1, -0.05) is 284 Å². The summed E-state index contributed by atoms with van der Waals surface area (Å²) >= 11 is 0. The van der Waals surface area contributed by atoms with Crippen LogP contribution < -0.4 is 5.73 Å². The lowest BCUT2D eigenvalue weighted by Gasteiger charge is -2.19. The highest BCUT2D eigenvalue weighted by Gasteiger charge is 2.26. The number of hydrogen-bond donors (Lipinski definition) is 2. The zero-order chi connectivity index (χ0) is 57.3. The number of hydrogen-bond acceptors (Lipinski definition) is 8. The van der Waals surface area contributed by atoms with E-state index in [4.69, 9.17) is 24.3 Å². The minimum absolute atomic E-state index is 0.0486. The van der Waals surface area contributed by atoms with Crippen molar-refractivity contribution >= 4 is 19.8 Å². The Morgan fingerprint density at radius 2 is 0.696 bits per heavy atom. The minimum Gasteiger partial charge on any atom is -0.462 e. The van der Waals surface area contributed by atoms with Gasteiger partial charge >= 0.3 is 19.8 Å². The lowest BCUT2D eigenvalue weighted by molar-refractivity contribution is -0.161. The maximum absolute atomic E-state index is 12.7. The topological polar surface area (TPSA) is 134 Å². The average Bonchev–Trinajstić information content (AvgIpc) is 3.44. The fraction of sp³-hybridized carbons (Fsp3) is 0.739. The molecule has 0 spiro atoms. The van der Waals surface area contributed by atoms with Crippen LogP contribution in [0.5, 0.6) is 0 Å². The number of unbranched alkanes of at least 4 members (excludes halogenated alkanes) is 32.